The number of hydrogen-bond donors (Lipinski definition) is 1. The van der Waals surface area contributed by atoms with Crippen LogP contribution in [0.2, 0.25) is 5.02 Å². The van der Waals surface area contributed by atoms with E-state index in [0.29, 0.717) is 11.6 Å². The molecule has 0 aliphatic carbocycles. The van der Waals surface area contributed by atoms with Crippen LogP contribution in [0.1, 0.15) is 11.6 Å². The third-order valence-corrected chi connectivity index (χ3v) is 4.30. The summed E-state index contributed by atoms with van der Waals surface area (Å²) >= 11 is 8.05. The molecule has 0 saturated carbocycles. The fourth-order valence-corrected chi connectivity index (χ4v) is 3.36. The van der Waals surface area contributed by atoms with Gasteiger partial charge in [-0.3, -0.25) is 4.90 Å². The lowest BCUT2D eigenvalue weighted by atomic mass is 10.0. The Morgan fingerprint density at radius 3 is 2.71 bits per heavy atom. The number of rotatable bonds is 3. The van der Waals surface area contributed by atoms with Crippen LogP contribution in [0.3, 0.4) is 0 Å². The minimum atomic E-state index is -0.302. The van der Waals surface area contributed by atoms with Crippen LogP contribution in [0.4, 0.5) is 4.39 Å². The van der Waals surface area contributed by atoms with E-state index in [1.807, 2.05) is 11.8 Å². The Hall–Kier alpha value is -0.290. The van der Waals surface area contributed by atoms with Crippen molar-refractivity contribution in [3.05, 3.63) is 34.6 Å². The summed E-state index contributed by atoms with van der Waals surface area (Å²) in [6.07, 6.45) is 0. The van der Waals surface area contributed by atoms with Crippen LogP contribution < -0.4 is 5.73 Å². The van der Waals surface area contributed by atoms with Crippen LogP contribution in [-0.4, -0.2) is 36.0 Å². The van der Waals surface area contributed by atoms with E-state index in [9.17, 15) is 4.39 Å². The second kappa shape index (κ2) is 6.05. The maximum Gasteiger partial charge on any atom is 0.124 e. The molecular formula is C12H16ClFN2S. The average molecular weight is 275 g/mol. The molecule has 2 rings (SSSR count). The van der Waals surface area contributed by atoms with Crippen molar-refractivity contribution in [2.24, 2.45) is 5.73 Å². The Morgan fingerprint density at radius 2 is 2.12 bits per heavy atom. The van der Waals surface area contributed by atoms with Gasteiger partial charge in [-0.2, -0.15) is 11.8 Å². The van der Waals surface area contributed by atoms with Crippen molar-refractivity contribution >= 4 is 23.4 Å². The van der Waals surface area contributed by atoms with Gasteiger partial charge in [-0.05, 0) is 17.7 Å². The quantitative estimate of drug-likeness (QED) is 0.918. The molecule has 0 amide bonds. The first-order valence-electron chi connectivity index (χ1n) is 5.69. The summed E-state index contributed by atoms with van der Waals surface area (Å²) in [6.45, 7) is 2.54. The highest BCUT2D eigenvalue weighted by Crippen LogP contribution is 2.29. The Balaban J connectivity index is 2.21. The summed E-state index contributed by atoms with van der Waals surface area (Å²) in [5, 5.41) is 0.471. The molecule has 1 heterocycles. The fourth-order valence-electron chi connectivity index (χ4n) is 2.13. The van der Waals surface area contributed by atoms with Gasteiger partial charge in [0.25, 0.3) is 0 Å². The number of thioether (sulfide) groups is 1. The Labute approximate surface area is 110 Å². The number of nitrogens with zero attached hydrogens (tertiary/aromatic N) is 1. The first kappa shape index (κ1) is 13.1. The Kier molecular flexibility index (Phi) is 4.68. The standard InChI is InChI=1S/C12H16ClFN2S/c13-11-7-9(14)1-2-10(11)12(8-15)16-3-5-17-6-4-16/h1-2,7,12H,3-6,8,15H2. The van der Waals surface area contributed by atoms with Crippen LogP contribution in [0.5, 0.6) is 0 Å². The largest absolute Gasteiger partial charge is 0.329 e. The van der Waals surface area contributed by atoms with Crippen LogP contribution in [0.25, 0.3) is 0 Å². The lowest BCUT2D eigenvalue weighted by molar-refractivity contribution is 0.223. The Morgan fingerprint density at radius 1 is 1.41 bits per heavy atom. The van der Waals surface area contributed by atoms with Crippen molar-refractivity contribution in [2.45, 2.75) is 6.04 Å². The highest BCUT2D eigenvalue weighted by molar-refractivity contribution is 7.99. The Bertz CT molecular complexity index is 383. The molecule has 2 N–H and O–H groups in total. The smallest absolute Gasteiger partial charge is 0.124 e. The van der Waals surface area contributed by atoms with E-state index in [4.69, 9.17) is 17.3 Å². The van der Waals surface area contributed by atoms with E-state index in [2.05, 4.69) is 4.90 Å². The molecule has 0 spiro atoms. The third kappa shape index (κ3) is 3.13. The molecule has 1 aliphatic rings. The van der Waals surface area contributed by atoms with Crippen molar-refractivity contribution < 1.29 is 4.39 Å². The molecule has 1 unspecified atom stereocenters. The van der Waals surface area contributed by atoms with Gasteiger partial charge in [-0.1, -0.05) is 17.7 Å². The minimum Gasteiger partial charge on any atom is -0.329 e. The van der Waals surface area contributed by atoms with Gasteiger partial charge in [-0.25, -0.2) is 4.39 Å². The van der Waals surface area contributed by atoms with Crippen molar-refractivity contribution in [3.63, 3.8) is 0 Å². The van der Waals surface area contributed by atoms with Gasteiger partial charge in [0.1, 0.15) is 5.82 Å². The zero-order chi connectivity index (χ0) is 12.3. The molecule has 94 valence electrons. The van der Waals surface area contributed by atoms with E-state index in [0.717, 1.165) is 30.2 Å². The van der Waals surface area contributed by atoms with Crippen molar-refractivity contribution in [2.75, 3.05) is 31.1 Å². The highest BCUT2D eigenvalue weighted by Gasteiger charge is 2.23. The van der Waals surface area contributed by atoms with Crippen LogP contribution >= 0.6 is 23.4 Å². The van der Waals surface area contributed by atoms with E-state index in [-0.39, 0.29) is 11.9 Å². The number of halogens is 2. The second-order valence-corrected chi connectivity index (χ2v) is 5.70. The molecule has 0 aromatic heterocycles. The van der Waals surface area contributed by atoms with Crippen LogP contribution in [0, 0.1) is 5.82 Å². The highest BCUT2D eigenvalue weighted by atomic mass is 35.5. The normalized spacial score (nSPS) is 19.2. The zero-order valence-corrected chi connectivity index (χ0v) is 11.1. The van der Waals surface area contributed by atoms with Crippen molar-refractivity contribution in [3.8, 4) is 0 Å². The molecule has 1 aromatic rings. The number of nitrogens with two attached hydrogens (primary N) is 1. The maximum atomic E-state index is 13.0. The molecule has 0 radical (unpaired) electrons. The van der Waals surface area contributed by atoms with E-state index >= 15 is 0 Å². The van der Waals surface area contributed by atoms with Gasteiger partial charge in [-0.15, -0.1) is 0 Å². The summed E-state index contributed by atoms with van der Waals surface area (Å²) in [7, 11) is 0. The maximum absolute atomic E-state index is 13.0. The number of benzene rings is 1. The topological polar surface area (TPSA) is 29.3 Å². The SMILES string of the molecule is NCC(c1ccc(F)cc1Cl)N1CCSCC1. The lowest BCUT2D eigenvalue weighted by Crippen LogP contribution is -2.39. The predicted octanol–water partition coefficient (Wildman–Crippen LogP) is 2.53. The fraction of sp³-hybridized carbons (Fsp3) is 0.500. The van der Waals surface area contributed by atoms with Gasteiger partial charge in [0.15, 0.2) is 0 Å². The zero-order valence-electron chi connectivity index (χ0n) is 9.53. The van der Waals surface area contributed by atoms with Crippen LogP contribution in [0.15, 0.2) is 18.2 Å². The molecular weight excluding hydrogens is 259 g/mol. The van der Waals surface area contributed by atoms with Gasteiger partial charge < -0.3 is 5.73 Å². The van der Waals surface area contributed by atoms with E-state index in [1.165, 1.54) is 12.1 Å². The summed E-state index contributed by atoms with van der Waals surface area (Å²) in [4.78, 5) is 2.33. The molecule has 5 heteroatoms. The molecule has 1 aliphatic heterocycles. The molecule has 1 aromatic carbocycles. The van der Waals surface area contributed by atoms with Gasteiger partial charge in [0, 0.05) is 42.2 Å². The predicted molar refractivity (Wildman–Crippen MR) is 72.1 cm³/mol. The summed E-state index contributed by atoms with van der Waals surface area (Å²) < 4.78 is 13.0. The van der Waals surface area contributed by atoms with Gasteiger partial charge >= 0.3 is 0 Å². The van der Waals surface area contributed by atoms with Crippen molar-refractivity contribution in [1.29, 1.82) is 0 Å². The number of hydrogen-bond acceptors (Lipinski definition) is 3. The van der Waals surface area contributed by atoms with Crippen LogP contribution in [-0.2, 0) is 0 Å². The molecule has 1 saturated heterocycles. The molecule has 17 heavy (non-hydrogen) atoms. The van der Waals surface area contributed by atoms with Gasteiger partial charge in [0.2, 0.25) is 0 Å². The first-order valence-corrected chi connectivity index (χ1v) is 7.22. The van der Waals surface area contributed by atoms with E-state index in [1.54, 1.807) is 6.07 Å². The lowest BCUT2D eigenvalue weighted by Gasteiger charge is -2.34. The molecule has 1 fully saturated rings. The second-order valence-electron chi connectivity index (χ2n) is 4.07. The van der Waals surface area contributed by atoms with Crippen molar-refractivity contribution in [1.82, 2.24) is 4.90 Å². The monoisotopic (exact) mass is 274 g/mol. The summed E-state index contributed by atoms with van der Waals surface area (Å²) in [5.74, 6) is 1.94. The average Bonchev–Trinajstić information content (AvgIpc) is 2.34. The van der Waals surface area contributed by atoms with Gasteiger partial charge in [0.05, 0.1) is 0 Å². The molecule has 2 nitrogen and oxygen atoms in total. The van der Waals surface area contributed by atoms with E-state index < -0.39 is 0 Å². The molecule has 0 bridgehead atoms. The molecule has 1 atom stereocenters. The summed E-state index contributed by atoms with van der Waals surface area (Å²) in [5.41, 5.74) is 6.77. The summed E-state index contributed by atoms with van der Waals surface area (Å²) in [6, 6.07) is 4.65. The first-order chi connectivity index (χ1) is 8.22. The minimum absolute atomic E-state index is 0.101. The third-order valence-electron chi connectivity index (χ3n) is 3.03.